The fourth-order valence-corrected chi connectivity index (χ4v) is 2.86. The van der Waals surface area contributed by atoms with Gasteiger partial charge in [-0.25, -0.2) is 0 Å². The zero-order valence-corrected chi connectivity index (χ0v) is 14.1. The Bertz CT molecular complexity index is 602. The Morgan fingerprint density at radius 1 is 1.11 bits per heavy atom. The summed E-state index contributed by atoms with van der Waals surface area (Å²) in [6.45, 7) is 1.96. The molecule has 6 heteroatoms. The molecule has 0 aliphatic heterocycles. The molecule has 1 heterocycles. The highest BCUT2D eigenvalue weighted by atomic mass is 79.9. The number of aryl methyl sites for hydroxylation is 1. The maximum Gasteiger partial charge on any atom is 0.146 e. The number of benzene rings is 1. The summed E-state index contributed by atoms with van der Waals surface area (Å²) in [4.78, 5) is 4.08. The monoisotopic (exact) mass is 434 g/mol. The molecule has 0 atom stereocenters. The highest BCUT2D eigenvalue weighted by molar-refractivity contribution is 9.13. The predicted molar refractivity (Wildman–Crippen MR) is 83.0 cm³/mol. The van der Waals surface area contributed by atoms with Crippen molar-refractivity contribution in [2.24, 2.45) is 0 Å². The van der Waals surface area contributed by atoms with E-state index in [0.717, 1.165) is 19.0 Å². The van der Waals surface area contributed by atoms with Crippen LogP contribution in [-0.2, 0) is 0 Å². The first-order valence-electron chi connectivity index (χ1n) is 5.01. The van der Waals surface area contributed by atoms with Gasteiger partial charge in [-0.05, 0) is 72.4 Å². The van der Waals surface area contributed by atoms with Gasteiger partial charge >= 0.3 is 0 Å². The van der Waals surface area contributed by atoms with E-state index in [0.29, 0.717) is 17.2 Å². The Balaban J connectivity index is 2.41. The maximum absolute atomic E-state index is 5.88. The van der Waals surface area contributed by atoms with Crippen LogP contribution in [0.4, 0.5) is 5.69 Å². The van der Waals surface area contributed by atoms with E-state index < -0.39 is 0 Å². The Hall–Kier alpha value is -0.590. The number of hydrogen-bond donors (Lipinski definition) is 1. The van der Waals surface area contributed by atoms with Gasteiger partial charge in [0.05, 0.1) is 20.8 Å². The summed E-state index contributed by atoms with van der Waals surface area (Å²) in [5.74, 6) is 1.34. The number of nitrogens with zero attached hydrogens (tertiary/aromatic N) is 1. The minimum Gasteiger partial charge on any atom is -0.454 e. The number of rotatable bonds is 2. The Labute approximate surface area is 130 Å². The number of anilines is 1. The first-order chi connectivity index (χ1) is 8.49. The number of nitrogen functional groups attached to an aromatic ring is 1. The van der Waals surface area contributed by atoms with Gasteiger partial charge in [0.1, 0.15) is 11.5 Å². The van der Waals surface area contributed by atoms with Gasteiger partial charge in [0, 0.05) is 10.7 Å². The molecule has 0 saturated heterocycles. The van der Waals surface area contributed by atoms with Crippen LogP contribution in [0.2, 0.25) is 0 Å². The topological polar surface area (TPSA) is 48.1 Å². The van der Waals surface area contributed by atoms with Gasteiger partial charge in [0.2, 0.25) is 0 Å². The van der Waals surface area contributed by atoms with Crippen LogP contribution in [-0.4, -0.2) is 4.98 Å². The summed E-state index contributed by atoms with van der Waals surface area (Å²) in [5.41, 5.74) is 7.54. The van der Waals surface area contributed by atoms with Crippen molar-refractivity contribution in [1.82, 2.24) is 4.98 Å². The van der Waals surface area contributed by atoms with E-state index in [-0.39, 0.29) is 0 Å². The van der Waals surface area contributed by atoms with Crippen LogP contribution in [0.3, 0.4) is 0 Å². The molecule has 18 heavy (non-hydrogen) atoms. The van der Waals surface area contributed by atoms with E-state index in [1.165, 1.54) is 0 Å². The van der Waals surface area contributed by atoms with Crippen LogP contribution < -0.4 is 10.5 Å². The third-order valence-electron chi connectivity index (χ3n) is 2.24. The predicted octanol–water partition coefficient (Wildman–Crippen LogP) is 5.05. The molecular formula is C12H9Br3N2O. The smallest absolute Gasteiger partial charge is 0.146 e. The number of nitrogens with two attached hydrogens (primary N) is 1. The van der Waals surface area contributed by atoms with Crippen molar-refractivity contribution in [2.45, 2.75) is 6.92 Å². The van der Waals surface area contributed by atoms with Gasteiger partial charge in [-0.1, -0.05) is 0 Å². The molecule has 94 valence electrons. The highest BCUT2D eigenvalue weighted by Gasteiger charge is 2.13. The second-order valence-electron chi connectivity index (χ2n) is 3.70. The van der Waals surface area contributed by atoms with E-state index in [1.54, 1.807) is 12.4 Å². The van der Waals surface area contributed by atoms with E-state index in [4.69, 9.17) is 10.5 Å². The van der Waals surface area contributed by atoms with Crippen LogP contribution >= 0.6 is 47.8 Å². The fraction of sp³-hybridized carbons (Fsp3) is 0.0833. The van der Waals surface area contributed by atoms with Crippen LogP contribution in [0.5, 0.6) is 11.5 Å². The zero-order valence-electron chi connectivity index (χ0n) is 9.38. The number of halogens is 3. The quantitative estimate of drug-likeness (QED) is 0.529. The normalized spacial score (nSPS) is 10.4. The van der Waals surface area contributed by atoms with Gasteiger partial charge in [-0.2, -0.15) is 0 Å². The molecule has 3 nitrogen and oxygen atoms in total. The summed E-state index contributed by atoms with van der Waals surface area (Å²) in [6, 6.07) is 3.73. The molecule has 0 spiro atoms. The summed E-state index contributed by atoms with van der Waals surface area (Å²) in [7, 11) is 0. The van der Waals surface area contributed by atoms with E-state index in [2.05, 4.69) is 52.8 Å². The molecule has 1 aromatic heterocycles. The van der Waals surface area contributed by atoms with Gasteiger partial charge in [0.25, 0.3) is 0 Å². The summed E-state index contributed by atoms with van der Waals surface area (Å²) in [5, 5.41) is 0. The molecule has 0 radical (unpaired) electrons. The minimum absolute atomic E-state index is 0.622. The molecule has 0 unspecified atom stereocenters. The number of ether oxygens (including phenoxy) is 1. The third kappa shape index (κ3) is 2.87. The van der Waals surface area contributed by atoms with Crippen LogP contribution in [0.15, 0.2) is 37.9 Å². The average Bonchev–Trinajstić information content (AvgIpc) is 2.33. The number of pyridine rings is 1. The van der Waals surface area contributed by atoms with Gasteiger partial charge in [-0.3, -0.25) is 4.98 Å². The lowest BCUT2D eigenvalue weighted by molar-refractivity contribution is 0.476. The molecule has 0 aliphatic rings. The van der Waals surface area contributed by atoms with E-state index in [1.807, 2.05) is 19.1 Å². The Morgan fingerprint density at radius 2 is 1.83 bits per heavy atom. The van der Waals surface area contributed by atoms with Gasteiger partial charge in [-0.15, -0.1) is 0 Å². The van der Waals surface area contributed by atoms with Crippen molar-refractivity contribution in [3.63, 3.8) is 0 Å². The third-order valence-corrected chi connectivity index (χ3v) is 5.04. The van der Waals surface area contributed by atoms with Gasteiger partial charge < -0.3 is 10.5 Å². The van der Waals surface area contributed by atoms with Crippen molar-refractivity contribution >= 4 is 53.5 Å². The lowest BCUT2D eigenvalue weighted by atomic mass is 10.3. The Kier molecular flexibility index (Phi) is 4.29. The first kappa shape index (κ1) is 13.8. The molecule has 2 rings (SSSR count). The second-order valence-corrected chi connectivity index (χ2v) is 6.14. The van der Waals surface area contributed by atoms with E-state index in [9.17, 15) is 0 Å². The fourth-order valence-electron chi connectivity index (χ4n) is 1.37. The lowest BCUT2D eigenvalue weighted by Gasteiger charge is -2.12. The number of aromatic nitrogens is 1. The molecule has 1 aromatic carbocycles. The Morgan fingerprint density at radius 3 is 2.50 bits per heavy atom. The molecule has 0 saturated carbocycles. The van der Waals surface area contributed by atoms with Crippen molar-refractivity contribution in [2.75, 3.05) is 5.73 Å². The molecular weight excluding hydrogens is 428 g/mol. The van der Waals surface area contributed by atoms with Crippen molar-refractivity contribution in [1.29, 1.82) is 0 Å². The molecule has 0 bridgehead atoms. The summed E-state index contributed by atoms with van der Waals surface area (Å²) < 4.78 is 8.08. The SMILES string of the molecule is Cc1cncc(Oc2cc(Br)c(N)c(Br)c2Br)c1. The van der Waals surface area contributed by atoms with Crippen molar-refractivity contribution in [3.8, 4) is 11.5 Å². The molecule has 2 aromatic rings. The summed E-state index contributed by atoms with van der Waals surface area (Å²) in [6.07, 6.45) is 3.44. The standard InChI is InChI=1S/C12H9Br3N2O/c1-6-2-7(5-17-4-6)18-9-3-8(13)12(16)11(15)10(9)14/h2-5H,16H2,1H3. The van der Waals surface area contributed by atoms with Crippen LogP contribution in [0.1, 0.15) is 5.56 Å². The molecule has 0 amide bonds. The second kappa shape index (κ2) is 5.59. The van der Waals surface area contributed by atoms with Crippen molar-refractivity contribution < 1.29 is 4.74 Å². The summed E-state index contributed by atoms with van der Waals surface area (Å²) >= 11 is 10.2. The minimum atomic E-state index is 0.622. The van der Waals surface area contributed by atoms with Gasteiger partial charge in [0.15, 0.2) is 0 Å². The zero-order chi connectivity index (χ0) is 13.3. The average molecular weight is 437 g/mol. The molecule has 0 fully saturated rings. The molecule has 2 N–H and O–H groups in total. The lowest BCUT2D eigenvalue weighted by Crippen LogP contribution is -1.93. The highest BCUT2D eigenvalue weighted by Crippen LogP contribution is 2.42. The van der Waals surface area contributed by atoms with Crippen LogP contribution in [0.25, 0.3) is 0 Å². The molecule has 0 aliphatic carbocycles. The number of hydrogen-bond acceptors (Lipinski definition) is 3. The van der Waals surface area contributed by atoms with E-state index >= 15 is 0 Å². The maximum atomic E-state index is 5.88. The largest absolute Gasteiger partial charge is 0.454 e. The van der Waals surface area contributed by atoms with Crippen LogP contribution in [0, 0.1) is 6.92 Å². The van der Waals surface area contributed by atoms with Crippen molar-refractivity contribution in [3.05, 3.63) is 43.5 Å². The first-order valence-corrected chi connectivity index (χ1v) is 7.39.